The Morgan fingerprint density at radius 3 is 2.58 bits per heavy atom. The molecule has 2 N–H and O–H groups in total. The second kappa shape index (κ2) is 13.4. The predicted octanol–water partition coefficient (Wildman–Crippen LogP) is 4.54. The first-order valence-electron chi connectivity index (χ1n) is 16.9. The molecule has 6 atom stereocenters. The number of nitrogens with zero attached hydrogens (tertiary/aromatic N) is 3. The van der Waals surface area contributed by atoms with Crippen LogP contribution in [0.15, 0.2) is 47.9 Å². The summed E-state index contributed by atoms with van der Waals surface area (Å²) in [7, 11) is 0. The number of nitrogens with one attached hydrogen (secondary N) is 1. The molecule has 2 aromatic rings. The Labute approximate surface area is 284 Å². The number of aliphatic carboxylic acids is 1. The first-order chi connectivity index (χ1) is 22.9. The van der Waals surface area contributed by atoms with Gasteiger partial charge < -0.3 is 25.0 Å². The van der Waals surface area contributed by atoms with Crippen LogP contribution in [0.5, 0.6) is 0 Å². The molecule has 11 nitrogen and oxygen atoms in total. The zero-order valence-corrected chi connectivity index (χ0v) is 28.5. The van der Waals surface area contributed by atoms with Crippen molar-refractivity contribution in [1.82, 2.24) is 20.1 Å². The van der Waals surface area contributed by atoms with E-state index in [1.54, 1.807) is 36.0 Å². The van der Waals surface area contributed by atoms with E-state index in [9.17, 15) is 29.1 Å². The molecule has 4 aliphatic rings. The average molecular weight is 677 g/mol. The van der Waals surface area contributed by atoms with Gasteiger partial charge in [-0.2, -0.15) is 0 Å². The summed E-state index contributed by atoms with van der Waals surface area (Å²) >= 11 is 1.39. The van der Waals surface area contributed by atoms with Gasteiger partial charge in [-0.25, -0.2) is 9.78 Å². The third kappa shape index (κ3) is 7.04. The Hall–Kier alpha value is -4.06. The smallest absolute Gasteiger partial charge is 0.330 e. The van der Waals surface area contributed by atoms with Crippen LogP contribution >= 0.6 is 11.3 Å². The van der Waals surface area contributed by atoms with Gasteiger partial charge in [-0.3, -0.25) is 19.2 Å². The van der Waals surface area contributed by atoms with Gasteiger partial charge in [-0.05, 0) is 46.5 Å². The second-order valence-electron chi connectivity index (χ2n) is 14.6. The summed E-state index contributed by atoms with van der Waals surface area (Å²) in [5.74, 6) is -4.26. The lowest BCUT2D eigenvalue weighted by Gasteiger charge is -2.32. The van der Waals surface area contributed by atoms with Crippen LogP contribution in [0, 0.1) is 23.7 Å². The first-order valence-corrected chi connectivity index (χ1v) is 17.8. The van der Waals surface area contributed by atoms with E-state index in [1.807, 2.05) is 42.5 Å². The largest absolute Gasteiger partial charge is 0.479 e. The third-order valence-corrected chi connectivity index (χ3v) is 10.9. The number of aromatic nitrogens is 1. The number of allylic oxidation sites excluding steroid dienone is 1. The van der Waals surface area contributed by atoms with Crippen molar-refractivity contribution in [1.29, 1.82) is 0 Å². The molecular formula is C36H44N4O7S. The van der Waals surface area contributed by atoms with Gasteiger partial charge in [0, 0.05) is 54.2 Å². The second-order valence-corrected chi connectivity index (χ2v) is 15.5. The molecular weight excluding hydrogens is 632 g/mol. The molecule has 0 unspecified atom stereocenters. The minimum Gasteiger partial charge on any atom is -0.479 e. The van der Waals surface area contributed by atoms with Crippen LogP contribution < -0.4 is 5.32 Å². The average Bonchev–Trinajstić information content (AvgIpc) is 3.37. The number of ether oxygens (including phenoxy) is 1. The van der Waals surface area contributed by atoms with Crippen molar-refractivity contribution in [2.75, 3.05) is 19.6 Å². The van der Waals surface area contributed by atoms with Crippen molar-refractivity contribution in [2.24, 2.45) is 23.7 Å². The zero-order valence-electron chi connectivity index (χ0n) is 27.7. The van der Waals surface area contributed by atoms with Gasteiger partial charge in [-0.1, -0.05) is 55.3 Å². The summed E-state index contributed by atoms with van der Waals surface area (Å²) in [5.41, 5.74) is -0.893. The highest BCUT2D eigenvalue weighted by Gasteiger charge is 2.62. The fraction of sp³-hybridized carbons (Fsp3) is 0.556. The molecule has 12 heteroatoms. The summed E-state index contributed by atoms with van der Waals surface area (Å²) in [6.07, 6.45) is 7.72. The molecule has 256 valence electrons. The highest BCUT2D eigenvalue weighted by Crippen LogP contribution is 2.46. The number of carbonyl (C=O) groups excluding carboxylic acids is 4. The Bertz CT molecular complexity index is 1600. The summed E-state index contributed by atoms with van der Waals surface area (Å²) in [6, 6.07) is 8.64. The van der Waals surface area contributed by atoms with Gasteiger partial charge in [0.05, 0.1) is 6.42 Å². The third-order valence-electron chi connectivity index (χ3n) is 9.96. The van der Waals surface area contributed by atoms with Crippen LogP contribution in [0.1, 0.15) is 76.2 Å². The number of carboxylic acid groups (broad SMARTS) is 1. The Kier molecular flexibility index (Phi) is 9.48. The molecule has 1 aromatic heterocycles. The number of hydrogen-bond donors (Lipinski definition) is 2. The number of thiazole rings is 1. The quantitative estimate of drug-likeness (QED) is 0.347. The maximum absolute atomic E-state index is 14.3. The summed E-state index contributed by atoms with van der Waals surface area (Å²) in [4.78, 5) is 75.5. The minimum absolute atomic E-state index is 0.102. The van der Waals surface area contributed by atoms with Gasteiger partial charge >= 0.3 is 11.9 Å². The van der Waals surface area contributed by atoms with E-state index in [0.717, 1.165) is 36.3 Å². The maximum atomic E-state index is 14.3. The zero-order chi connectivity index (χ0) is 34.2. The normalized spacial score (nSPS) is 29.9. The van der Waals surface area contributed by atoms with Crippen molar-refractivity contribution in [2.45, 2.75) is 82.9 Å². The molecule has 3 amide bonds. The van der Waals surface area contributed by atoms with Gasteiger partial charge in [0.15, 0.2) is 0 Å². The van der Waals surface area contributed by atoms with Crippen LogP contribution in [0.25, 0.3) is 10.6 Å². The molecule has 3 aliphatic heterocycles. The summed E-state index contributed by atoms with van der Waals surface area (Å²) in [6.45, 7) is 6.13. The number of rotatable bonds is 5. The summed E-state index contributed by atoms with van der Waals surface area (Å²) in [5, 5.41) is 15.5. The van der Waals surface area contributed by atoms with Crippen molar-refractivity contribution in [3.63, 3.8) is 0 Å². The Balaban J connectivity index is 1.26. The molecule has 3 fully saturated rings. The fourth-order valence-electron chi connectivity index (χ4n) is 7.50. The Morgan fingerprint density at radius 2 is 1.85 bits per heavy atom. The lowest BCUT2D eigenvalue weighted by molar-refractivity contribution is -0.159. The van der Waals surface area contributed by atoms with Gasteiger partial charge in [0.25, 0.3) is 5.91 Å². The van der Waals surface area contributed by atoms with Gasteiger partial charge in [0.1, 0.15) is 27.9 Å². The molecule has 0 radical (unpaired) electrons. The topological polar surface area (TPSA) is 146 Å². The monoisotopic (exact) mass is 676 g/mol. The SMILES string of the molecule is CC(C)(C)OC(=O)C[C@@H]1CCCCC/C=C\[C@@H]2C[C@@]2(C(=O)O)NC(=O)[C@@H]2[C@H]3CN(C(=O)c4csc(-c5ccccc5)n4)C[C@H]3CN2C1=O. The predicted molar refractivity (Wildman–Crippen MR) is 179 cm³/mol. The van der Waals surface area contributed by atoms with Gasteiger partial charge in [-0.15, -0.1) is 11.3 Å². The fourth-order valence-corrected chi connectivity index (χ4v) is 8.30. The van der Waals surface area contributed by atoms with Crippen molar-refractivity contribution in [3.05, 3.63) is 53.6 Å². The number of carboxylic acids is 1. The van der Waals surface area contributed by atoms with Crippen LogP contribution in [-0.4, -0.2) is 86.4 Å². The van der Waals surface area contributed by atoms with Crippen LogP contribution in [-0.2, 0) is 23.9 Å². The van der Waals surface area contributed by atoms with E-state index in [4.69, 9.17) is 4.74 Å². The van der Waals surface area contributed by atoms with E-state index in [0.29, 0.717) is 18.7 Å². The van der Waals surface area contributed by atoms with E-state index in [-0.39, 0.29) is 49.6 Å². The van der Waals surface area contributed by atoms with Crippen LogP contribution in [0.3, 0.4) is 0 Å². The molecule has 0 spiro atoms. The number of carbonyl (C=O) groups is 5. The number of amides is 3. The van der Waals surface area contributed by atoms with Crippen molar-refractivity contribution >= 4 is 41.0 Å². The number of benzene rings is 1. The number of hydrogen-bond acceptors (Lipinski definition) is 8. The van der Waals surface area contributed by atoms with E-state index in [2.05, 4.69) is 10.3 Å². The lowest BCUT2D eigenvalue weighted by Crippen LogP contribution is -2.56. The van der Waals surface area contributed by atoms with Crippen molar-refractivity contribution < 1.29 is 33.8 Å². The standard InChI is InChI=1S/C36H44N4O7S/c1-35(2,3)47-28(41)16-23-14-8-5-4-6-11-15-25-17-36(25,34(45)46)38-30(42)29-26-20-39(18-24(26)19-40(29)32(23)43)33(44)27-21-48-31(37-27)22-12-9-7-10-13-22/h7,9-13,15,21,23-26,29H,4-6,8,14,16-20H2,1-3H3,(H,38,42)(H,45,46)/b15-11-/t23-,24-,25+,26-,29-,36+/m0/s1. The first kappa shape index (κ1) is 33.8. The maximum Gasteiger partial charge on any atom is 0.330 e. The number of likely N-dealkylation sites (tertiary alicyclic amines) is 1. The Morgan fingerprint density at radius 1 is 1.08 bits per heavy atom. The molecule has 48 heavy (non-hydrogen) atoms. The lowest BCUT2D eigenvalue weighted by atomic mass is 9.92. The molecule has 1 saturated carbocycles. The number of esters is 1. The minimum atomic E-state index is -1.43. The highest BCUT2D eigenvalue weighted by molar-refractivity contribution is 7.13. The molecule has 2 saturated heterocycles. The van der Waals surface area contributed by atoms with E-state index >= 15 is 0 Å². The molecule has 4 heterocycles. The van der Waals surface area contributed by atoms with Gasteiger partial charge in [0.2, 0.25) is 11.8 Å². The summed E-state index contributed by atoms with van der Waals surface area (Å²) < 4.78 is 5.58. The molecule has 1 aliphatic carbocycles. The van der Waals surface area contributed by atoms with E-state index < -0.39 is 46.9 Å². The molecule has 0 bridgehead atoms. The van der Waals surface area contributed by atoms with Crippen LogP contribution in [0.4, 0.5) is 0 Å². The van der Waals surface area contributed by atoms with E-state index in [1.165, 1.54) is 11.3 Å². The molecule has 6 rings (SSSR count). The van der Waals surface area contributed by atoms with Crippen LogP contribution in [0.2, 0.25) is 0 Å². The highest BCUT2D eigenvalue weighted by atomic mass is 32.1. The number of fused-ring (bicyclic) bond motifs is 4. The molecule has 1 aromatic carbocycles. The van der Waals surface area contributed by atoms with Crippen molar-refractivity contribution in [3.8, 4) is 10.6 Å².